The number of nitrogens with one attached hydrogen (secondary N) is 1. The molecule has 0 bridgehead atoms. The highest BCUT2D eigenvalue weighted by molar-refractivity contribution is 5.79. The standard InChI is InChI=1S/C13H22N2O2/c1-10(16)12-3-2-6-15(8-12)9-13(17)14-7-11-4-5-11/h11-12H,2-9H2,1H3,(H,14,17). The van der Waals surface area contributed by atoms with Crippen molar-refractivity contribution in [3.8, 4) is 0 Å². The summed E-state index contributed by atoms with van der Waals surface area (Å²) in [5.41, 5.74) is 0. The van der Waals surface area contributed by atoms with Gasteiger partial charge in [0, 0.05) is 19.0 Å². The molecular formula is C13H22N2O2. The van der Waals surface area contributed by atoms with E-state index in [4.69, 9.17) is 0 Å². The van der Waals surface area contributed by atoms with Gasteiger partial charge in [0.15, 0.2) is 0 Å². The number of hydrogen-bond donors (Lipinski definition) is 1. The fraction of sp³-hybridized carbons (Fsp3) is 0.846. The second kappa shape index (κ2) is 5.63. The Morgan fingerprint density at radius 3 is 2.71 bits per heavy atom. The number of ketones is 1. The highest BCUT2D eigenvalue weighted by Gasteiger charge is 2.25. The molecule has 1 atom stereocenters. The molecule has 2 rings (SSSR count). The molecule has 1 aliphatic heterocycles. The summed E-state index contributed by atoms with van der Waals surface area (Å²) < 4.78 is 0. The van der Waals surface area contributed by atoms with Crippen LogP contribution in [0.2, 0.25) is 0 Å². The molecule has 0 aromatic carbocycles. The number of amides is 1. The number of rotatable bonds is 5. The first-order valence-electron chi connectivity index (χ1n) is 6.64. The van der Waals surface area contributed by atoms with Crippen molar-refractivity contribution in [3.63, 3.8) is 0 Å². The molecule has 96 valence electrons. The molecule has 1 saturated heterocycles. The van der Waals surface area contributed by atoms with Crippen LogP contribution in [0, 0.1) is 11.8 Å². The third-order valence-electron chi connectivity index (χ3n) is 3.73. The van der Waals surface area contributed by atoms with Crippen LogP contribution in [0.15, 0.2) is 0 Å². The molecule has 0 spiro atoms. The topological polar surface area (TPSA) is 49.4 Å². The van der Waals surface area contributed by atoms with Crippen LogP contribution in [0.3, 0.4) is 0 Å². The fourth-order valence-corrected chi connectivity index (χ4v) is 2.37. The minimum atomic E-state index is 0.112. The van der Waals surface area contributed by atoms with E-state index in [1.807, 2.05) is 0 Å². The lowest BCUT2D eigenvalue weighted by molar-refractivity contribution is -0.126. The summed E-state index contributed by atoms with van der Waals surface area (Å²) in [6.07, 6.45) is 4.53. The Labute approximate surface area is 103 Å². The van der Waals surface area contributed by atoms with Crippen LogP contribution in [0.25, 0.3) is 0 Å². The van der Waals surface area contributed by atoms with Gasteiger partial charge in [0.05, 0.1) is 6.54 Å². The summed E-state index contributed by atoms with van der Waals surface area (Å²) in [6.45, 7) is 4.65. The maximum Gasteiger partial charge on any atom is 0.234 e. The molecule has 1 saturated carbocycles. The largest absolute Gasteiger partial charge is 0.355 e. The van der Waals surface area contributed by atoms with Gasteiger partial charge in [0.1, 0.15) is 5.78 Å². The van der Waals surface area contributed by atoms with E-state index in [0.717, 1.165) is 38.4 Å². The van der Waals surface area contributed by atoms with Crippen molar-refractivity contribution in [1.82, 2.24) is 10.2 Å². The lowest BCUT2D eigenvalue weighted by atomic mass is 9.95. The zero-order valence-corrected chi connectivity index (χ0v) is 10.6. The van der Waals surface area contributed by atoms with Gasteiger partial charge < -0.3 is 5.32 Å². The van der Waals surface area contributed by atoms with Gasteiger partial charge in [-0.3, -0.25) is 14.5 Å². The molecule has 0 radical (unpaired) electrons. The van der Waals surface area contributed by atoms with E-state index in [9.17, 15) is 9.59 Å². The Balaban J connectivity index is 1.69. The van der Waals surface area contributed by atoms with Gasteiger partial charge in [-0.05, 0) is 45.1 Å². The number of likely N-dealkylation sites (tertiary alicyclic amines) is 1. The van der Waals surface area contributed by atoms with Crippen LogP contribution in [0.1, 0.15) is 32.6 Å². The van der Waals surface area contributed by atoms with Gasteiger partial charge in [-0.1, -0.05) is 0 Å². The summed E-state index contributed by atoms with van der Waals surface area (Å²) in [5, 5.41) is 2.97. The molecule has 17 heavy (non-hydrogen) atoms. The van der Waals surface area contributed by atoms with E-state index >= 15 is 0 Å². The van der Waals surface area contributed by atoms with Crippen LogP contribution in [-0.2, 0) is 9.59 Å². The van der Waals surface area contributed by atoms with Gasteiger partial charge in [-0.2, -0.15) is 0 Å². The zero-order valence-electron chi connectivity index (χ0n) is 10.6. The fourth-order valence-electron chi connectivity index (χ4n) is 2.37. The van der Waals surface area contributed by atoms with Crippen molar-refractivity contribution in [1.29, 1.82) is 0 Å². The highest BCUT2D eigenvalue weighted by atomic mass is 16.2. The summed E-state index contributed by atoms with van der Waals surface area (Å²) in [4.78, 5) is 25.1. The minimum absolute atomic E-state index is 0.112. The molecule has 1 aliphatic carbocycles. The summed E-state index contributed by atoms with van der Waals surface area (Å²) in [7, 11) is 0. The predicted octanol–water partition coefficient (Wildman–Crippen LogP) is 0.814. The molecule has 0 aromatic rings. The summed E-state index contributed by atoms with van der Waals surface area (Å²) >= 11 is 0. The Morgan fingerprint density at radius 1 is 1.29 bits per heavy atom. The van der Waals surface area contributed by atoms with Gasteiger partial charge in [-0.15, -0.1) is 0 Å². The normalized spacial score (nSPS) is 25.6. The van der Waals surface area contributed by atoms with Crippen LogP contribution in [0.4, 0.5) is 0 Å². The predicted molar refractivity (Wildman–Crippen MR) is 65.6 cm³/mol. The number of nitrogens with zero attached hydrogens (tertiary/aromatic N) is 1. The molecule has 1 heterocycles. The van der Waals surface area contributed by atoms with Crippen molar-refractivity contribution in [3.05, 3.63) is 0 Å². The highest BCUT2D eigenvalue weighted by Crippen LogP contribution is 2.27. The Morgan fingerprint density at radius 2 is 2.06 bits per heavy atom. The molecule has 4 nitrogen and oxygen atoms in total. The van der Waals surface area contributed by atoms with Crippen molar-refractivity contribution < 1.29 is 9.59 Å². The average Bonchev–Trinajstić information content (AvgIpc) is 3.10. The van der Waals surface area contributed by atoms with E-state index in [-0.39, 0.29) is 17.6 Å². The maximum absolute atomic E-state index is 11.7. The Kier molecular flexibility index (Phi) is 4.15. The zero-order chi connectivity index (χ0) is 12.3. The lowest BCUT2D eigenvalue weighted by Crippen LogP contribution is -2.44. The van der Waals surface area contributed by atoms with Crippen molar-refractivity contribution in [2.24, 2.45) is 11.8 Å². The van der Waals surface area contributed by atoms with E-state index in [2.05, 4.69) is 10.2 Å². The second-order valence-corrected chi connectivity index (χ2v) is 5.43. The van der Waals surface area contributed by atoms with E-state index < -0.39 is 0 Å². The number of Topliss-reactive ketones (excluding diaryl/α,β-unsaturated/α-hetero) is 1. The van der Waals surface area contributed by atoms with E-state index in [1.165, 1.54) is 12.8 Å². The minimum Gasteiger partial charge on any atom is -0.355 e. The number of carbonyl (C=O) groups is 2. The molecule has 0 aromatic heterocycles. The van der Waals surface area contributed by atoms with Crippen molar-refractivity contribution >= 4 is 11.7 Å². The monoisotopic (exact) mass is 238 g/mol. The van der Waals surface area contributed by atoms with Crippen molar-refractivity contribution in [2.45, 2.75) is 32.6 Å². The number of hydrogen-bond acceptors (Lipinski definition) is 3. The molecule has 1 amide bonds. The van der Waals surface area contributed by atoms with Gasteiger partial charge >= 0.3 is 0 Å². The Hall–Kier alpha value is -0.900. The van der Waals surface area contributed by atoms with Crippen LogP contribution >= 0.6 is 0 Å². The van der Waals surface area contributed by atoms with E-state index in [1.54, 1.807) is 6.92 Å². The molecule has 4 heteroatoms. The van der Waals surface area contributed by atoms with Gasteiger partial charge in [0.2, 0.25) is 5.91 Å². The number of piperidine rings is 1. The third kappa shape index (κ3) is 4.11. The quantitative estimate of drug-likeness (QED) is 0.771. The summed E-state index contributed by atoms with van der Waals surface area (Å²) in [6, 6.07) is 0. The van der Waals surface area contributed by atoms with Crippen LogP contribution in [0.5, 0.6) is 0 Å². The SMILES string of the molecule is CC(=O)C1CCCN(CC(=O)NCC2CC2)C1. The lowest BCUT2D eigenvalue weighted by Gasteiger charge is -2.30. The number of carbonyl (C=O) groups excluding carboxylic acids is 2. The molecule has 1 unspecified atom stereocenters. The first-order chi connectivity index (χ1) is 8.15. The van der Waals surface area contributed by atoms with Crippen LogP contribution in [-0.4, -0.2) is 42.8 Å². The van der Waals surface area contributed by atoms with Gasteiger partial charge in [0.25, 0.3) is 0 Å². The maximum atomic E-state index is 11.7. The van der Waals surface area contributed by atoms with Crippen LogP contribution < -0.4 is 5.32 Å². The van der Waals surface area contributed by atoms with Crippen molar-refractivity contribution in [2.75, 3.05) is 26.2 Å². The Bertz CT molecular complexity index is 300. The first kappa shape index (κ1) is 12.6. The summed E-state index contributed by atoms with van der Waals surface area (Å²) in [5.74, 6) is 1.24. The smallest absolute Gasteiger partial charge is 0.234 e. The third-order valence-corrected chi connectivity index (χ3v) is 3.73. The van der Waals surface area contributed by atoms with Gasteiger partial charge in [-0.25, -0.2) is 0 Å². The second-order valence-electron chi connectivity index (χ2n) is 5.43. The van der Waals surface area contributed by atoms with E-state index in [0.29, 0.717) is 6.54 Å². The molecular weight excluding hydrogens is 216 g/mol. The average molecular weight is 238 g/mol. The molecule has 2 aliphatic rings. The molecule has 1 N–H and O–H groups in total. The molecule has 2 fully saturated rings. The first-order valence-corrected chi connectivity index (χ1v) is 6.64.